The van der Waals surface area contributed by atoms with Gasteiger partial charge in [0.15, 0.2) is 22.1 Å². The molecule has 1 aromatic carbocycles. The lowest BCUT2D eigenvalue weighted by Gasteiger charge is -2.15. The number of carbonyl (C=O) groups excluding carboxylic acids is 1. The van der Waals surface area contributed by atoms with Gasteiger partial charge < -0.3 is 19.4 Å². The van der Waals surface area contributed by atoms with Crippen molar-refractivity contribution < 1.29 is 14.3 Å². The molecule has 1 heterocycles. The summed E-state index contributed by atoms with van der Waals surface area (Å²) in [5.41, 5.74) is 0.392. The van der Waals surface area contributed by atoms with Gasteiger partial charge in [-0.25, -0.2) is 0 Å². The standard InChI is InChI=1S/C18H25ClN4O3S/c1-4-7-8-26-16-13(19)9-12(10-14(16)25-6-3)17(24)20-11-15-21-22-18(27)23(15)5-2/h9-10H,4-8,11H2,1-3H3,(H,20,24)(H,22,27). The van der Waals surface area contributed by atoms with E-state index in [1.165, 1.54) is 0 Å². The maximum absolute atomic E-state index is 12.6. The molecule has 2 rings (SSSR count). The van der Waals surface area contributed by atoms with Crippen LogP contribution >= 0.6 is 23.8 Å². The van der Waals surface area contributed by atoms with Gasteiger partial charge in [-0.05, 0) is 44.6 Å². The van der Waals surface area contributed by atoms with Gasteiger partial charge in [-0.15, -0.1) is 0 Å². The molecule has 1 aromatic heterocycles. The van der Waals surface area contributed by atoms with Crippen molar-refractivity contribution in [3.8, 4) is 11.5 Å². The number of aromatic amines is 1. The Morgan fingerprint density at radius 1 is 1.33 bits per heavy atom. The van der Waals surface area contributed by atoms with E-state index in [1.807, 2.05) is 18.4 Å². The second kappa shape index (κ2) is 10.3. The summed E-state index contributed by atoms with van der Waals surface area (Å²) in [6, 6.07) is 3.22. The SMILES string of the molecule is CCCCOc1c(Cl)cc(C(=O)NCc2n[nH]c(=S)n2CC)cc1OCC. The van der Waals surface area contributed by atoms with E-state index in [9.17, 15) is 4.79 Å². The Hall–Kier alpha value is -2.06. The number of nitrogens with zero attached hydrogens (tertiary/aromatic N) is 2. The molecule has 0 aliphatic heterocycles. The van der Waals surface area contributed by atoms with Crippen LogP contribution in [0.25, 0.3) is 0 Å². The summed E-state index contributed by atoms with van der Waals surface area (Å²) in [4.78, 5) is 12.6. The number of hydrogen-bond donors (Lipinski definition) is 2. The highest BCUT2D eigenvalue weighted by Crippen LogP contribution is 2.36. The maximum Gasteiger partial charge on any atom is 0.251 e. The number of carbonyl (C=O) groups is 1. The topological polar surface area (TPSA) is 81.2 Å². The van der Waals surface area contributed by atoms with Gasteiger partial charge >= 0.3 is 0 Å². The predicted octanol–water partition coefficient (Wildman–Crippen LogP) is 4.12. The number of benzene rings is 1. The molecule has 148 valence electrons. The number of rotatable bonds is 10. The number of hydrogen-bond acceptors (Lipinski definition) is 5. The van der Waals surface area contributed by atoms with Crippen LogP contribution in [0.3, 0.4) is 0 Å². The predicted molar refractivity (Wildman–Crippen MR) is 107 cm³/mol. The van der Waals surface area contributed by atoms with Crippen molar-refractivity contribution in [2.24, 2.45) is 0 Å². The molecular weight excluding hydrogens is 388 g/mol. The maximum atomic E-state index is 12.6. The number of unbranched alkanes of at least 4 members (excludes halogenated alkanes) is 1. The first-order valence-electron chi connectivity index (χ1n) is 9.03. The zero-order chi connectivity index (χ0) is 19.8. The number of H-pyrrole nitrogens is 1. The molecule has 7 nitrogen and oxygen atoms in total. The van der Waals surface area contributed by atoms with E-state index >= 15 is 0 Å². The largest absolute Gasteiger partial charge is 0.490 e. The Morgan fingerprint density at radius 2 is 2.11 bits per heavy atom. The minimum Gasteiger partial charge on any atom is -0.490 e. The second-order valence-corrected chi connectivity index (χ2v) is 6.59. The van der Waals surface area contributed by atoms with Crippen molar-refractivity contribution in [1.29, 1.82) is 0 Å². The quantitative estimate of drug-likeness (QED) is 0.453. The number of ether oxygens (including phenoxy) is 2. The van der Waals surface area contributed by atoms with E-state index in [1.54, 1.807) is 12.1 Å². The molecule has 0 spiro atoms. The molecule has 0 saturated heterocycles. The van der Waals surface area contributed by atoms with Crippen molar-refractivity contribution >= 4 is 29.7 Å². The van der Waals surface area contributed by atoms with Crippen LogP contribution in [0, 0.1) is 4.77 Å². The van der Waals surface area contributed by atoms with Gasteiger partial charge in [0, 0.05) is 12.1 Å². The minimum atomic E-state index is -0.283. The molecule has 27 heavy (non-hydrogen) atoms. The molecule has 0 fully saturated rings. The molecule has 0 radical (unpaired) electrons. The highest BCUT2D eigenvalue weighted by atomic mass is 35.5. The lowest BCUT2D eigenvalue weighted by Crippen LogP contribution is -2.25. The van der Waals surface area contributed by atoms with Crippen LogP contribution in [0.2, 0.25) is 5.02 Å². The third kappa shape index (κ3) is 5.46. The number of nitrogens with one attached hydrogen (secondary N) is 2. The van der Waals surface area contributed by atoms with E-state index in [2.05, 4.69) is 22.4 Å². The van der Waals surface area contributed by atoms with Crippen LogP contribution in [-0.4, -0.2) is 33.9 Å². The van der Waals surface area contributed by atoms with Crippen molar-refractivity contribution in [1.82, 2.24) is 20.1 Å². The van der Waals surface area contributed by atoms with Gasteiger partial charge in [0.05, 0.1) is 24.8 Å². The number of aromatic nitrogens is 3. The first-order valence-corrected chi connectivity index (χ1v) is 9.81. The molecule has 0 aliphatic rings. The summed E-state index contributed by atoms with van der Waals surface area (Å²) in [6.07, 6.45) is 1.93. The third-order valence-electron chi connectivity index (χ3n) is 3.88. The molecule has 1 amide bonds. The van der Waals surface area contributed by atoms with Gasteiger partial charge in [-0.1, -0.05) is 24.9 Å². The highest BCUT2D eigenvalue weighted by Gasteiger charge is 2.17. The fraction of sp³-hybridized carbons (Fsp3) is 0.500. The second-order valence-electron chi connectivity index (χ2n) is 5.79. The Labute approximate surface area is 169 Å². The molecule has 0 unspecified atom stereocenters. The summed E-state index contributed by atoms with van der Waals surface area (Å²) >= 11 is 11.5. The Morgan fingerprint density at radius 3 is 2.78 bits per heavy atom. The van der Waals surface area contributed by atoms with Gasteiger partial charge in [0.1, 0.15) is 0 Å². The zero-order valence-electron chi connectivity index (χ0n) is 15.8. The average Bonchev–Trinajstić information content (AvgIpc) is 3.01. The Balaban J connectivity index is 2.16. The highest BCUT2D eigenvalue weighted by molar-refractivity contribution is 7.71. The van der Waals surface area contributed by atoms with Gasteiger partial charge in [0.2, 0.25) is 0 Å². The van der Waals surface area contributed by atoms with Crippen molar-refractivity contribution in [3.05, 3.63) is 33.3 Å². The Bertz CT molecular complexity index is 834. The van der Waals surface area contributed by atoms with Crippen LogP contribution in [0.5, 0.6) is 11.5 Å². The van der Waals surface area contributed by atoms with E-state index in [-0.39, 0.29) is 12.5 Å². The van der Waals surface area contributed by atoms with E-state index in [0.29, 0.717) is 52.4 Å². The fourth-order valence-corrected chi connectivity index (χ4v) is 3.04. The summed E-state index contributed by atoms with van der Waals surface area (Å²) in [6.45, 7) is 7.81. The number of amides is 1. The first-order chi connectivity index (χ1) is 13.0. The van der Waals surface area contributed by atoms with Crippen LogP contribution in [0.1, 0.15) is 49.8 Å². The lowest BCUT2D eigenvalue weighted by molar-refractivity contribution is 0.0949. The van der Waals surface area contributed by atoms with Gasteiger partial charge in [-0.2, -0.15) is 5.10 Å². The summed E-state index contributed by atoms with van der Waals surface area (Å²) in [5.74, 6) is 1.30. The van der Waals surface area contributed by atoms with Crippen molar-refractivity contribution in [2.45, 2.75) is 46.7 Å². The average molecular weight is 413 g/mol. The summed E-state index contributed by atoms with van der Waals surface area (Å²) in [7, 11) is 0. The van der Waals surface area contributed by atoms with Gasteiger partial charge in [-0.3, -0.25) is 9.89 Å². The molecule has 2 N–H and O–H groups in total. The first kappa shape index (κ1) is 21.2. The van der Waals surface area contributed by atoms with Gasteiger partial charge in [0.25, 0.3) is 5.91 Å². The molecule has 0 bridgehead atoms. The molecule has 0 saturated carbocycles. The molecule has 2 aromatic rings. The lowest BCUT2D eigenvalue weighted by atomic mass is 10.2. The minimum absolute atomic E-state index is 0.246. The molecule has 0 atom stereocenters. The van der Waals surface area contributed by atoms with Crippen molar-refractivity contribution in [3.63, 3.8) is 0 Å². The van der Waals surface area contributed by atoms with Crippen LogP contribution in [-0.2, 0) is 13.1 Å². The van der Waals surface area contributed by atoms with E-state index in [4.69, 9.17) is 33.3 Å². The fourth-order valence-electron chi connectivity index (χ4n) is 2.49. The van der Waals surface area contributed by atoms with Crippen LogP contribution in [0.4, 0.5) is 0 Å². The zero-order valence-corrected chi connectivity index (χ0v) is 17.4. The van der Waals surface area contributed by atoms with E-state index < -0.39 is 0 Å². The normalized spacial score (nSPS) is 10.7. The molecular formula is C18H25ClN4O3S. The molecule has 9 heteroatoms. The van der Waals surface area contributed by atoms with Crippen molar-refractivity contribution in [2.75, 3.05) is 13.2 Å². The molecule has 0 aliphatic carbocycles. The third-order valence-corrected chi connectivity index (χ3v) is 4.47. The smallest absolute Gasteiger partial charge is 0.251 e. The summed E-state index contributed by atoms with van der Waals surface area (Å²) in [5, 5.41) is 10.0. The summed E-state index contributed by atoms with van der Waals surface area (Å²) < 4.78 is 13.7. The monoisotopic (exact) mass is 412 g/mol. The number of halogens is 1. The van der Waals surface area contributed by atoms with Crippen LogP contribution < -0.4 is 14.8 Å². The van der Waals surface area contributed by atoms with Crippen LogP contribution in [0.15, 0.2) is 12.1 Å². The Kier molecular flexibility index (Phi) is 8.12. The van der Waals surface area contributed by atoms with E-state index in [0.717, 1.165) is 12.8 Å².